The molecule has 0 bridgehead atoms. The minimum Gasteiger partial charge on any atom is -0.396 e. The second-order valence-electron chi connectivity index (χ2n) is 13.1. The molecule has 2 saturated heterocycles. The van der Waals surface area contributed by atoms with Gasteiger partial charge >= 0.3 is 0 Å². The van der Waals surface area contributed by atoms with Crippen molar-refractivity contribution in [2.45, 2.75) is 57.2 Å². The Hall–Kier alpha value is -3.60. The fourth-order valence-corrected chi connectivity index (χ4v) is 7.45. The van der Waals surface area contributed by atoms with Crippen molar-refractivity contribution in [3.63, 3.8) is 0 Å². The van der Waals surface area contributed by atoms with E-state index in [1.54, 1.807) is 23.0 Å². The van der Waals surface area contributed by atoms with Crippen LogP contribution in [-0.2, 0) is 13.1 Å². The van der Waals surface area contributed by atoms with Crippen molar-refractivity contribution in [3.05, 3.63) is 82.8 Å². The number of aliphatic hydroxyl groups is 2. The van der Waals surface area contributed by atoms with Gasteiger partial charge in [0.05, 0.1) is 24.0 Å². The zero-order valence-corrected chi connectivity index (χ0v) is 24.4. The highest BCUT2D eigenvalue weighted by Crippen LogP contribution is 2.52. The summed E-state index contributed by atoms with van der Waals surface area (Å²) in [5.74, 6) is 0.250. The van der Waals surface area contributed by atoms with Crippen LogP contribution in [0.15, 0.2) is 65.8 Å². The number of nitrogens with zero attached hydrogens (tertiary/aromatic N) is 6. The summed E-state index contributed by atoms with van der Waals surface area (Å²) in [6.07, 6.45) is 8.82. The largest absolute Gasteiger partial charge is 0.396 e. The molecule has 0 unspecified atom stereocenters. The molecule has 43 heavy (non-hydrogen) atoms. The first kappa shape index (κ1) is 28.2. The molecule has 1 saturated carbocycles. The van der Waals surface area contributed by atoms with Crippen molar-refractivity contribution in [1.82, 2.24) is 24.2 Å². The predicted molar refractivity (Wildman–Crippen MR) is 163 cm³/mol. The molecule has 0 amide bonds. The van der Waals surface area contributed by atoms with E-state index in [9.17, 15) is 19.4 Å². The van der Waals surface area contributed by atoms with E-state index in [1.807, 2.05) is 12.1 Å². The predicted octanol–water partition coefficient (Wildman–Crippen LogP) is 3.74. The Labute approximate surface area is 250 Å². The van der Waals surface area contributed by atoms with E-state index in [4.69, 9.17) is 0 Å². The first-order chi connectivity index (χ1) is 20.8. The summed E-state index contributed by atoms with van der Waals surface area (Å²) in [5, 5.41) is 25.6. The Morgan fingerprint density at radius 1 is 0.907 bits per heavy atom. The van der Waals surface area contributed by atoms with Crippen LogP contribution >= 0.6 is 0 Å². The maximum absolute atomic E-state index is 13.4. The maximum atomic E-state index is 13.4. The average Bonchev–Trinajstić information content (AvgIpc) is 3.45. The van der Waals surface area contributed by atoms with Crippen LogP contribution in [0, 0.1) is 17.2 Å². The van der Waals surface area contributed by atoms with E-state index < -0.39 is 5.60 Å². The number of aromatic nitrogens is 4. The quantitative estimate of drug-likeness (QED) is 0.341. The number of piperidine rings is 2. The van der Waals surface area contributed by atoms with Gasteiger partial charge < -0.3 is 15.1 Å². The Balaban J connectivity index is 0.994. The van der Waals surface area contributed by atoms with Gasteiger partial charge in [-0.15, -0.1) is 0 Å². The number of rotatable bonds is 7. The lowest BCUT2D eigenvalue weighted by molar-refractivity contribution is -0.0364. The number of halogens is 1. The van der Waals surface area contributed by atoms with Crippen LogP contribution in [0.4, 0.5) is 10.1 Å². The zero-order valence-electron chi connectivity index (χ0n) is 24.4. The number of likely N-dealkylation sites (tertiary alicyclic amines) is 1. The Kier molecular flexibility index (Phi) is 7.31. The number of fused-ring (bicyclic) bond motifs is 1. The third kappa shape index (κ3) is 5.59. The van der Waals surface area contributed by atoms with Crippen LogP contribution in [-0.4, -0.2) is 72.8 Å². The lowest BCUT2D eigenvalue weighted by Gasteiger charge is -2.52. The van der Waals surface area contributed by atoms with E-state index in [0.29, 0.717) is 61.4 Å². The van der Waals surface area contributed by atoms with Gasteiger partial charge in [0.2, 0.25) is 0 Å². The first-order valence-electron chi connectivity index (χ1n) is 15.4. The smallest absolute Gasteiger partial charge is 0.264 e. The summed E-state index contributed by atoms with van der Waals surface area (Å²) in [6, 6.07) is 14.8. The summed E-state index contributed by atoms with van der Waals surface area (Å²) >= 11 is 0. The van der Waals surface area contributed by atoms with Crippen LogP contribution in [0.25, 0.3) is 16.7 Å². The Morgan fingerprint density at radius 2 is 1.58 bits per heavy atom. The second kappa shape index (κ2) is 11.2. The summed E-state index contributed by atoms with van der Waals surface area (Å²) in [4.78, 5) is 22.7. The molecule has 3 aliphatic rings. The van der Waals surface area contributed by atoms with Gasteiger partial charge in [-0.3, -0.25) is 14.3 Å². The van der Waals surface area contributed by atoms with Crippen LogP contribution < -0.4 is 10.5 Å². The summed E-state index contributed by atoms with van der Waals surface area (Å²) in [5.41, 5.74) is 2.78. The number of anilines is 1. The molecule has 2 aromatic carbocycles. The third-order valence-corrected chi connectivity index (χ3v) is 10.1. The topological polar surface area (TPSA) is 99.7 Å². The van der Waals surface area contributed by atoms with Crippen molar-refractivity contribution in [2.75, 3.05) is 37.7 Å². The van der Waals surface area contributed by atoms with Gasteiger partial charge in [0.1, 0.15) is 17.5 Å². The van der Waals surface area contributed by atoms with Gasteiger partial charge in [0.25, 0.3) is 5.56 Å². The summed E-state index contributed by atoms with van der Waals surface area (Å²) in [6.45, 7) is 4.64. The molecule has 9 nitrogen and oxygen atoms in total. The van der Waals surface area contributed by atoms with Crippen molar-refractivity contribution >= 4 is 16.7 Å². The van der Waals surface area contributed by atoms with E-state index in [1.165, 1.54) is 41.6 Å². The standard InChI is InChI=1S/C33H39FN6O3/c34-26-3-1-24(2-4-26)20-37-13-11-33(43,12-14-37)22-39-23-35-30-29(31(39)42)19-36-40(30)28-7-5-27(6-8-28)38-15-9-32(10-16-38)17-25(18-32)21-41/h1-8,19,23,25,41,43H,9-18,20-22H2. The van der Waals surface area contributed by atoms with E-state index in [0.717, 1.165) is 37.2 Å². The molecule has 7 rings (SSSR count). The molecular weight excluding hydrogens is 547 g/mol. The molecule has 2 aliphatic heterocycles. The van der Waals surface area contributed by atoms with Gasteiger partial charge in [-0.05, 0) is 91.8 Å². The van der Waals surface area contributed by atoms with Gasteiger partial charge in [0, 0.05) is 45.0 Å². The van der Waals surface area contributed by atoms with Gasteiger partial charge in [-0.1, -0.05) is 12.1 Å². The SMILES string of the molecule is O=c1c2cnn(-c3ccc(N4CCC5(CC4)CC(CO)C5)cc3)c2ncn1CC1(O)CCN(Cc2ccc(F)cc2)CC1. The molecule has 4 heterocycles. The lowest BCUT2D eigenvalue weighted by atomic mass is 9.58. The summed E-state index contributed by atoms with van der Waals surface area (Å²) < 4.78 is 16.4. The number of hydrogen-bond donors (Lipinski definition) is 2. The second-order valence-corrected chi connectivity index (χ2v) is 13.1. The lowest BCUT2D eigenvalue weighted by Crippen LogP contribution is -2.48. The minimum absolute atomic E-state index is 0.177. The van der Waals surface area contributed by atoms with E-state index in [-0.39, 0.29) is 17.9 Å². The van der Waals surface area contributed by atoms with Crippen LogP contribution in [0.1, 0.15) is 44.1 Å². The van der Waals surface area contributed by atoms with Gasteiger partial charge in [0.15, 0.2) is 5.65 Å². The Morgan fingerprint density at radius 3 is 2.26 bits per heavy atom. The molecule has 0 radical (unpaired) electrons. The van der Waals surface area contributed by atoms with Crippen molar-refractivity contribution in [1.29, 1.82) is 0 Å². The first-order valence-corrected chi connectivity index (χ1v) is 15.4. The third-order valence-electron chi connectivity index (χ3n) is 10.1. The summed E-state index contributed by atoms with van der Waals surface area (Å²) in [7, 11) is 0. The van der Waals surface area contributed by atoms with Gasteiger partial charge in [-0.2, -0.15) is 5.10 Å². The monoisotopic (exact) mass is 586 g/mol. The minimum atomic E-state index is -1.00. The van der Waals surface area contributed by atoms with Crippen LogP contribution in [0.5, 0.6) is 0 Å². The molecule has 3 fully saturated rings. The maximum Gasteiger partial charge on any atom is 0.264 e. The van der Waals surface area contributed by atoms with Crippen LogP contribution in [0.2, 0.25) is 0 Å². The molecule has 1 spiro atoms. The fourth-order valence-electron chi connectivity index (χ4n) is 7.45. The molecule has 4 aromatic rings. The molecule has 226 valence electrons. The van der Waals surface area contributed by atoms with Crippen LogP contribution in [0.3, 0.4) is 0 Å². The van der Waals surface area contributed by atoms with Crippen molar-refractivity contribution < 1.29 is 14.6 Å². The molecular formula is C33H39FN6O3. The number of hydrogen-bond acceptors (Lipinski definition) is 7. The molecule has 1 aliphatic carbocycles. The van der Waals surface area contributed by atoms with E-state index in [2.05, 4.69) is 32.0 Å². The van der Waals surface area contributed by atoms with Crippen molar-refractivity contribution in [2.24, 2.45) is 11.3 Å². The highest BCUT2D eigenvalue weighted by molar-refractivity contribution is 5.75. The molecule has 0 atom stereocenters. The Bertz CT molecular complexity index is 1630. The van der Waals surface area contributed by atoms with E-state index >= 15 is 0 Å². The molecule has 2 N–H and O–H groups in total. The zero-order chi connectivity index (χ0) is 29.6. The molecule has 10 heteroatoms. The average molecular weight is 587 g/mol. The highest BCUT2D eigenvalue weighted by Gasteiger charge is 2.45. The van der Waals surface area contributed by atoms with Gasteiger partial charge in [-0.25, -0.2) is 14.1 Å². The number of aliphatic hydroxyl groups excluding tert-OH is 1. The number of benzene rings is 2. The normalized spacial score (nSPS) is 20.5. The van der Waals surface area contributed by atoms with Crippen molar-refractivity contribution in [3.8, 4) is 5.69 Å². The highest BCUT2D eigenvalue weighted by atomic mass is 19.1. The fraction of sp³-hybridized carbons (Fsp3) is 0.485. The molecule has 2 aromatic heterocycles.